The molecule has 2 rings (SSSR count). The predicted octanol–water partition coefficient (Wildman–Crippen LogP) is 1.28. The van der Waals surface area contributed by atoms with Gasteiger partial charge in [-0.25, -0.2) is 4.39 Å². The van der Waals surface area contributed by atoms with Crippen LogP contribution in [0.5, 0.6) is 5.75 Å². The number of hydrogen-bond donors (Lipinski definition) is 4. The Labute approximate surface area is 184 Å². The smallest absolute Gasteiger partial charge is 0.273 e. The first-order valence-corrected chi connectivity index (χ1v) is 10.2. The maximum Gasteiger partial charge on any atom is 0.273 e. The fourth-order valence-corrected chi connectivity index (χ4v) is 3.14. The van der Waals surface area contributed by atoms with Gasteiger partial charge in [-0.2, -0.15) is 0 Å². The van der Waals surface area contributed by atoms with E-state index < -0.39 is 34.4 Å². The summed E-state index contributed by atoms with van der Waals surface area (Å²) >= 11 is 5.82. The third kappa shape index (κ3) is 5.86. The van der Waals surface area contributed by atoms with E-state index in [1.165, 1.54) is 7.05 Å². The van der Waals surface area contributed by atoms with Gasteiger partial charge in [-0.05, 0) is 26.4 Å². The molecule has 0 bridgehead atoms. The topological polar surface area (TPSA) is 116 Å². The number of allylic oxidation sites excluding steroid dienone is 2. The molecule has 0 aliphatic heterocycles. The molecule has 0 spiro atoms. The Morgan fingerprint density at radius 3 is 2.71 bits per heavy atom. The van der Waals surface area contributed by atoms with Crippen molar-refractivity contribution in [3.8, 4) is 5.75 Å². The van der Waals surface area contributed by atoms with Crippen LogP contribution in [0.3, 0.4) is 0 Å². The van der Waals surface area contributed by atoms with Crippen molar-refractivity contribution in [2.75, 3.05) is 45.7 Å². The normalized spacial score (nSPS) is 13.8. The average Bonchev–Trinajstić information content (AvgIpc) is 2.76. The summed E-state index contributed by atoms with van der Waals surface area (Å²) in [5, 5.41) is 15.2. The van der Waals surface area contributed by atoms with E-state index >= 15 is 0 Å². The lowest BCUT2D eigenvalue weighted by atomic mass is 10.1. The van der Waals surface area contributed by atoms with Crippen LogP contribution in [-0.4, -0.2) is 66.8 Å². The Balaban J connectivity index is 2.29. The number of pyridine rings is 1. The Morgan fingerprint density at radius 1 is 1.35 bits per heavy atom. The summed E-state index contributed by atoms with van der Waals surface area (Å²) in [6.07, 6.45) is 3.70. The highest BCUT2D eigenvalue weighted by molar-refractivity contribution is 6.30. The van der Waals surface area contributed by atoms with Crippen molar-refractivity contribution in [3.05, 3.63) is 50.2 Å². The third-order valence-electron chi connectivity index (χ3n) is 4.90. The van der Waals surface area contributed by atoms with E-state index in [0.717, 1.165) is 17.4 Å². The number of rotatable bonds is 9. The van der Waals surface area contributed by atoms with E-state index in [1.54, 1.807) is 6.08 Å². The second-order valence-electron chi connectivity index (χ2n) is 6.99. The minimum absolute atomic E-state index is 0.0860. The van der Waals surface area contributed by atoms with Crippen LogP contribution in [0.25, 0.3) is 0 Å². The van der Waals surface area contributed by atoms with Crippen LogP contribution in [0, 0.1) is 0 Å². The standard InChI is InChI=1S/C20H27ClFN5O4/c1-4-26(3)9-8-25-27-11-13(17(28)18(29)16(27)20(31)23-2)19(30)24-10-12-6-5-7-14(21)15(12)22/h6,11,25,29H,4-5,7-10H2,1-3H3,(H,23,31)(H,24,30). The van der Waals surface area contributed by atoms with Crippen LogP contribution in [-0.2, 0) is 0 Å². The van der Waals surface area contributed by atoms with Crippen molar-refractivity contribution in [3.63, 3.8) is 0 Å². The summed E-state index contributed by atoms with van der Waals surface area (Å²) in [6.45, 7) is 3.60. The Morgan fingerprint density at radius 2 is 2.06 bits per heavy atom. The van der Waals surface area contributed by atoms with Gasteiger partial charge in [0.25, 0.3) is 11.8 Å². The minimum Gasteiger partial charge on any atom is -0.502 e. The quantitative estimate of drug-likeness (QED) is 0.446. The second-order valence-corrected chi connectivity index (χ2v) is 7.45. The molecule has 0 saturated heterocycles. The second kappa shape index (κ2) is 11.0. The monoisotopic (exact) mass is 455 g/mol. The molecule has 1 heterocycles. The number of hydrogen-bond acceptors (Lipinski definition) is 6. The molecule has 31 heavy (non-hydrogen) atoms. The molecule has 0 unspecified atom stereocenters. The van der Waals surface area contributed by atoms with Crippen molar-refractivity contribution < 1.29 is 19.1 Å². The highest BCUT2D eigenvalue weighted by atomic mass is 35.5. The number of aromatic hydroxyl groups is 1. The lowest BCUT2D eigenvalue weighted by Crippen LogP contribution is -2.37. The van der Waals surface area contributed by atoms with Crippen LogP contribution in [0.2, 0.25) is 0 Å². The van der Waals surface area contributed by atoms with Gasteiger partial charge in [-0.3, -0.25) is 19.1 Å². The summed E-state index contributed by atoms with van der Waals surface area (Å²) in [5.74, 6) is -2.98. The lowest BCUT2D eigenvalue weighted by molar-refractivity contribution is 0.0936. The van der Waals surface area contributed by atoms with Crippen LogP contribution >= 0.6 is 11.6 Å². The van der Waals surface area contributed by atoms with Gasteiger partial charge in [0.1, 0.15) is 11.4 Å². The zero-order valence-corrected chi connectivity index (χ0v) is 18.5. The summed E-state index contributed by atoms with van der Waals surface area (Å²) in [4.78, 5) is 39.3. The first-order chi connectivity index (χ1) is 14.7. The van der Waals surface area contributed by atoms with Gasteiger partial charge in [-0.1, -0.05) is 24.6 Å². The molecule has 2 amide bonds. The highest BCUT2D eigenvalue weighted by Crippen LogP contribution is 2.28. The summed E-state index contributed by atoms with van der Waals surface area (Å²) in [6, 6.07) is 0. The van der Waals surface area contributed by atoms with Gasteiger partial charge in [0.2, 0.25) is 5.43 Å². The van der Waals surface area contributed by atoms with Gasteiger partial charge < -0.3 is 26.1 Å². The number of carbonyl (C=O) groups excluding carboxylic acids is 2. The molecule has 4 N–H and O–H groups in total. The number of carbonyl (C=O) groups is 2. The Hall–Kier alpha value is -2.85. The van der Waals surface area contributed by atoms with Gasteiger partial charge >= 0.3 is 0 Å². The fourth-order valence-electron chi connectivity index (χ4n) is 2.91. The van der Waals surface area contributed by atoms with Gasteiger partial charge in [-0.15, -0.1) is 0 Å². The van der Waals surface area contributed by atoms with Gasteiger partial charge in [0.15, 0.2) is 11.4 Å². The van der Waals surface area contributed by atoms with E-state index in [2.05, 4.69) is 16.1 Å². The summed E-state index contributed by atoms with van der Waals surface area (Å²) in [5.41, 5.74) is 1.41. The van der Waals surface area contributed by atoms with Crippen molar-refractivity contribution in [2.45, 2.75) is 19.8 Å². The molecule has 1 aromatic rings. The number of amides is 2. The van der Waals surface area contributed by atoms with Crippen LogP contribution in [0.1, 0.15) is 40.6 Å². The Kier molecular flexibility index (Phi) is 8.64. The molecule has 9 nitrogen and oxygen atoms in total. The summed E-state index contributed by atoms with van der Waals surface area (Å²) < 4.78 is 15.2. The number of nitrogens with zero attached hydrogens (tertiary/aromatic N) is 2. The van der Waals surface area contributed by atoms with Gasteiger partial charge in [0, 0.05) is 38.5 Å². The SMILES string of the molecule is CCN(C)CCNn1cc(C(=O)NCC2=CCCC(Cl)=C2F)c(=O)c(O)c1C(=O)NC. The zero-order valence-electron chi connectivity index (χ0n) is 17.7. The number of nitrogens with one attached hydrogen (secondary N) is 3. The molecule has 170 valence electrons. The first-order valence-electron chi connectivity index (χ1n) is 9.86. The van der Waals surface area contributed by atoms with E-state index in [0.29, 0.717) is 25.9 Å². The molecule has 0 aromatic carbocycles. The fraction of sp³-hybridized carbons (Fsp3) is 0.450. The molecule has 0 radical (unpaired) electrons. The average molecular weight is 456 g/mol. The van der Waals surface area contributed by atoms with E-state index in [1.807, 2.05) is 18.9 Å². The molecular weight excluding hydrogens is 429 g/mol. The van der Waals surface area contributed by atoms with Gasteiger partial charge in [0.05, 0.1) is 5.03 Å². The molecule has 1 aromatic heterocycles. The highest BCUT2D eigenvalue weighted by Gasteiger charge is 2.24. The molecule has 1 aliphatic rings. The largest absolute Gasteiger partial charge is 0.502 e. The molecule has 0 fully saturated rings. The number of halogens is 2. The van der Waals surface area contributed by atoms with E-state index in [9.17, 15) is 23.9 Å². The predicted molar refractivity (Wildman–Crippen MR) is 117 cm³/mol. The lowest BCUT2D eigenvalue weighted by Gasteiger charge is -2.20. The van der Waals surface area contributed by atoms with Crippen molar-refractivity contribution in [1.29, 1.82) is 0 Å². The Bertz CT molecular complexity index is 973. The minimum atomic E-state index is -1.01. The van der Waals surface area contributed by atoms with Crippen LogP contribution in [0.4, 0.5) is 4.39 Å². The summed E-state index contributed by atoms with van der Waals surface area (Å²) in [7, 11) is 3.26. The van der Waals surface area contributed by atoms with Crippen molar-refractivity contribution >= 4 is 23.4 Å². The number of likely N-dealkylation sites (N-methyl/N-ethyl adjacent to an activating group) is 1. The third-order valence-corrected chi connectivity index (χ3v) is 5.25. The molecule has 0 atom stereocenters. The molecule has 11 heteroatoms. The van der Waals surface area contributed by atoms with Crippen molar-refractivity contribution in [2.24, 2.45) is 0 Å². The van der Waals surface area contributed by atoms with E-state index in [4.69, 9.17) is 11.6 Å². The van der Waals surface area contributed by atoms with Crippen LogP contribution in [0.15, 0.2) is 33.5 Å². The van der Waals surface area contributed by atoms with E-state index in [-0.39, 0.29) is 22.8 Å². The van der Waals surface area contributed by atoms with Crippen molar-refractivity contribution in [1.82, 2.24) is 20.2 Å². The maximum absolute atomic E-state index is 14.1. The molecule has 0 saturated carbocycles. The molecule has 1 aliphatic carbocycles. The zero-order chi connectivity index (χ0) is 23.1. The maximum atomic E-state index is 14.1. The first kappa shape index (κ1) is 24.4. The van der Waals surface area contributed by atoms with Crippen LogP contribution < -0.4 is 21.5 Å². The molecular formula is C20H27ClFN5O4. The number of aromatic nitrogens is 1.